The highest BCUT2D eigenvalue weighted by atomic mass is 32.2. The molecule has 1 heterocycles. The molecule has 0 spiro atoms. The van der Waals surface area contributed by atoms with E-state index in [2.05, 4.69) is 41.4 Å². The number of nitrogens with zero attached hydrogens (tertiary/aromatic N) is 1. The van der Waals surface area contributed by atoms with Crippen molar-refractivity contribution < 1.29 is 9.59 Å². The Bertz CT molecular complexity index is 1090. The molecule has 2 amide bonds. The zero-order chi connectivity index (χ0) is 24.2. The highest BCUT2D eigenvalue weighted by Crippen LogP contribution is 2.42. The molecular formula is C30H36N2O2S. The molecule has 2 atom stereocenters. The summed E-state index contributed by atoms with van der Waals surface area (Å²) in [4.78, 5) is 29.3. The van der Waals surface area contributed by atoms with Crippen LogP contribution in [0.3, 0.4) is 0 Å². The lowest BCUT2D eigenvalue weighted by atomic mass is 9.92. The molecule has 1 aliphatic heterocycles. The Morgan fingerprint density at radius 3 is 2.46 bits per heavy atom. The fourth-order valence-electron chi connectivity index (χ4n) is 5.73. The van der Waals surface area contributed by atoms with Gasteiger partial charge in [-0.05, 0) is 67.5 Å². The Balaban J connectivity index is 1.33. The van der Waals surface area contributed by atoms with Crippen LogP contribution in [0.25, 0.3) is 6.08 Å². The molecule has 35 heavy (non-hydrogen) atoms. The van der Waals surface area contributed by atoms with E-state index < -0.39 is 0 Å². The number of carbonyl (C=O) groups excluding carboxylic acids is 2. The normalized spacial score (nSPS) is 24.3. The number of benzene rings is 2. The van der Waals surface area contributed by atoms with Gasteiger partial charge in [0.05, 0.1) is 4.91 Å². The van der Waals surface area contributed by atoms with E-state index in [1.807, 2.05) is 30.3 Å². The first-order valence-electron chi connectivity index (χ1n) is 13.2. The van der Waals surface area contributed by atoms with Gasteiger partial charge in [0.15, 0.2) is 0 Å². The third-order valence-electron chi connectivity index (χ3n) is 7.83. The van der Waals surface area contributed by atoms with Gasteiger partial charge in [-0.1, -0.05) is 68.5 Å². The highest BCUT2D eigenvalue weighted by Gasteiger charge is 2.40. The Labute approximate surface area is 213 Å². The van der Waals surface area contributed by atoms with Gasteiger partial charge in [0.1, 0.15) is 0 Å². The summed E-state index contributed by atoms with van der Waals surface area (Å²) in [5, 5.41) is 3.64. The minimum absolute atomic E-state index is 0.00803. The molecule has 184 valence electrons. The maximum absolute atomic E-state index is 13.7. The minimum atomic E-state index is 0.00803. The Morgan fingerprint density at radius 1 is 0.971 bits per heavy atom. The van der Waals surface area contributed by atoms with Gasteiger partial charge in [0, 0.05) is 29.4 Å². The second-order valence-corrected chi connectivity index (χ2v) is 11.6. The zero-order valence-corrected chi connectivity index (χ0v) is 21.5. The number of hydrogen-bond donors (Lipinski definition) is 1. The van der Waals surface area contributed by atoms with Crippen molar-refractivity contribution in [3.8, 4) is 0 Å². The number of fused-ring (bicyclic) bond motifs is 1. The van der Waals surface area contributed by atoms with E-state index in [4.69, 9.17) is 0 Å². The van der Waals surface area contributed by atoms with Crippen LogP contribution in [0.15, 0.2) is 53.4 Å². The molecule has 2 unspecified atom stereocenters. The molecule has 3 fully saturated rings. The van der Waals surface area contributed by atoms with Crippen LogP contribution in [0.2, 0.25) is 0 Å². The molecule has 2 saturated carbocycles. The van der Waals surface area contributed by atoms with Crippen molar-refractivity contribution in [2.45, 2.75) is 88.6 Å². The van der Waals surface area contributed by atoms with Crippen LogP contribution in [0.5, 0.6) is 0 Å². The molecule has 1 N–H and O–H groups in total. The van der Waals surface area contributed by atoms with Crippen LogP contribution in [0.1, 0.15) is 84.8 Å². The van der Waals surface area contributed by atoms with Crippen LogP contribution in [0.4, 0.5) is 0 Å². The molecule has 5 heteroatoms. The lowest BCUT2D eigenvalue weighted by molar-refractivity contribution is -0.130. The largest absolute Gasteiger partial charge is 0.349 e. The average molecular weight is 489 g/mol. The number of amides is 2. The number of thioether (sulfide) groups is 1. The minimum Gasteiger partial charge on any atom is -0.349 e. The summed E-state index contributed by atoms with van der Waals surface area (Å²) in [5.41, 5.74) is 4.12. The zero-order valence-electron chi connectivity index (χ0n) is 20.7. The van der Waals surface area contributed by atoms with E-state index in [0.717, 1.165) is 36.2 Å². The highest BCUT2D eigenvalue weighted by molar-refractivity contribution is 8.04. The van der Waals surface area contributed by atoms with Crippen molar-refractivity contribution >= 4 is 29.7 Å². The lowest BCUT2D eigenvalue weighted by Crippen LogP contribution is -2.50. The summed E-state index contributed by atoms with van der Waals surface area (Å²) >= 11 is 1.76. The number of aryl methyl sites for hydroxylation is 1. The lowest BCUT2D eigenvalue weighted by Gasteiger charge is -2.44. The first-order chi connectivity index (χ1) is 17.1. The van der Waals surface area contributed by atoms with Gasteiger partial charge in [-0.25, -0.2) is 0 Å². The number of nitrogens with one attached hydrogen (secondary N) is 1. The average Bonchev–Trinajstić information content (AvgIpc) is 2.88. The smallest absolute Gasteiger partial charge is 0.260 e. The molecule has 1 saturated heterocycles. The van der Waals surface area contributed by atoms with Crippen molar-refractivity contribution in [1.29, 1.82) is 0 Å². The number of hydrogen-bond acceptors (Lipinski definition) is 3. The van der Waals surface area contributed by atoms with Crippen LogP contribution in [-0.4, -0.2) is 34.0 Å². The van der Waals surface area contributed by atoms with E-state index in [0.29, 0.717) is 29.4 Å². The van der Waals surface area contributed by atoms with Gasteiger partial charge in [0.2, 0.25) is 0 Å². The molecule has 0 aromatic heterocycles. The van der Waals surface area contributed by atoms with E-state index >= 15 is 0 Å². The molecule has 0 radical (unpaired) electrons. The maximum Gasteiger partial charge on any atom is 0.260 e. The van der Waals surface area contributed by atoms with Gasteiger partial charge in [-0.3, -0.25) is 9.59 Å². The predicted molar refractivity (Wildman–Crippen MR) is 144 cm³/mol. The molecule has 3 aliphatic rings. The van der Waals surface area contributed by atoms with Gasteiger partial charge in [-0.2, -0.15) is 0 Å². The summed E-state index contributed by atoms with van der Waals surface area (Å²) in [5.74, 6) is 0.147. The van der Waals surface area contributed by atoms with Crippen LogP contribution < -0.4 is 5.32 Å². The van der Waals surface area contributed by atoms with Gasteiger partial charge < -0.3 is 10.2 Å². The van der Waals surface area contributed by atoms with Crippen molar-refractivity contribution in [2.75, 3.05) is 0 Å². The summed E-state index contributed by atoms with van der Waals surface area (Å²) in [7, 11) is 0. The van der Waals surface area contributed by atoms with Gasteiger partial charge in [-0.15, -0.1) is 11.8 Å². The first kappa shape index (κ1) is 24.2. The van der Waals surface area contributed by atoms with Crippen LogP contribution in [-0.2, 0) is 11.3 Å². The molecule has 2 aromatic rings. The standard InChI is InChI=1S/C30H36N2O2S/c1-21-9-5-6-10-24(21)20-32-26-13-7-8-14-27(26)35-28(30(32)34)19-22-15-17-23(18-16-22)29(33)31-25-11-3-2-4-12-25/h5-6,9-10,15-19,25-27H,2-4,7-8,11-14,20H2,1H3,(H,31,33)/b28-19+. The van der Waals surface area contributed by atoms with Gasteiger partial charge in [0.25, 0.3) is 11.8 Å². The summed E-state index contributed by atoms with van der Waals surface area (Å²) in [6.45, 7) is 2.80. The van der Waals surface area contributed by atoms with E-state index in [1.165, 1.54) is 43.2 Å². The summed E-state index contributed by atoms with van der Waals surface area (Å²) in [6.07, 6.45) is 12.5. The predicted octanol–water partition coefficient (Wildman–Crippen LogP) is 6.49. The van der Waals surface area contributed by atoms with E-state index in [9.17, 15) is 9.59 Å². The maximum atomic E-state index is 13.7. The third-order valence-corrected chi connectivity index (χ3v) is 9.23. The van der Waals surface area contributed by atoms with Gasteiger partial charge >= 0.3 is 0 Å². The monoisotopic (exact) mass is 488 g/mol. The molecule has 2 aromatic carbocycles. The van der Waals surface area contributed by atoms with Crippen molar-refractivity contribution in [3.05, 3.63) is 75.7 Å². The second kappa shape index (κ2) is 11.0. The van der Waals surface area contributed by atoms with E-state index in [1.54, 1.807) is 11.8 Å². The molecule has 4 nitrogen and oxygen atoms in total. The fraction of sp³-hybridized carbons (Fsp3) is 0.467. The topological polar surface area (TPSA) is 49.4 Å². The fourth-order valence-corrected chi connectivity index (χ4v) is 7.20. The summed E-state index contributed by atoms with van der Waals surface area (Å²) in [6, 6.07) is 16.7. The number of carbonyl (C=O) groups is 2. The molecule has 2 aliphatic carbocycles. The molecule has 0 bridgehead atoms. The third kappa shape index (κ3) is 5.66. The van der Waals surface area contributed by atoms with Crippen molar-refractivity contribution in [2.24, 2.45) is 0 Å². The molecule has 5 rings (SSSR count). The Hall–Kier alpha value is -2.53. The quantitative estimate of drug-likeness (QED) is 0.490. The Kier molecular flexibility index (Phi) is 7.62. The SMILES string of the molecule is Cc1ccccc1CN1C(=O)/C(=C\c2ccc(C(=O)NC3CCCCC3)cc2)SC2CCCCC21. The van der Waals surface area contributed by atoms with Crippen LogP contribution in [0, 0.1) is 6.92 Å². The number of rotatable bonds is 5. The Morgan fingerprint density at radius 2 is 1.69 bits per heavy atom. The van der Waals surface area contributed by atoms with Crippen molar-refractivity contribution in [3.63, 3.8) is 0 Å². The second-order valence-electron chi connectivity index (χ2n) is 10.3. The first-order valence-corrected chi connectivity index (χ1v) is 14.1. The van der Waals surface area contributed by atoms with E-state index in [-0.39, 0.29) is 11.8 Å². The summed E-state index contributed by atoms with van der Waals surface area (Å²) < 4.78 is 0. The van der Waals surface area contributed by atoms with Crippen molar-refractivity contribution in [1.82, 2.24) is 10.2 Å². The molecular weight excluding hydrogens is 452 g/mol. The van der Waals surface area contributed by atoms with Crippen LogP contribution >= 0.6 is 11.8 Å².